The lowest BCUT2D eigenvalue weighted by atomic mass is 10.1. The molecule has 4 nitrogen and oxygen atoms in total. The molecule has 3 N–H and O–H groups in total. The first kappa shape index (κ1) is 9.02. The molecule has 0 radical (unpaired) electrons. The number of benzene rings is 1. The number of nitrogens with two attached hydrogens (primary N) is 1. The molecule has 0 spiro atoms. The van der Waals surface area contributed by atoms with Gasteiger partial charge in [-0.3, -0.25) is 4.79 Å². The fraction of sp³-hybridized carbons (Fsp3) is 0.300. The molecule has 0 aliphatic carbocycles. The summed E-state index contributed by atoms with van der Waals surface area (Å²) >= 11 is 0. The molecule has 1 aliphatic heterocycles. The van der Waals surface area contributed by atoms with Crippen molar-refractivity contribution in [3.8, 4) is 0 Å². The van der Waals surface area contributed by atoms with Gasteiger partial charge in [-0.2, -0.15) is 0 Å². The van der Waals surface area contributed by atoms with E-state index in [-0.39, 0.29) is 12.5 Å². The van der Waals surface area contributed by atoms with Crippen LogP contribution in [0.25, 0.3) is 0 Å². The lowest BCUT2D eigenvalue weighted by molar-refractivity contribution is 0.0745. The molecular formula is C10H12N2O2. The quantitative estimate of drug-likeness (QED) is 0.658. The number of anilines is 1. The van der Waals surface area contributed by atoms with Gasteiger partial charge in [-0.1, -0.05) is 0 Å². The van der Waals surface area contributed by atoms with Gasteiger partial charge in [0.1, 0.15) is 0 Å². The average molecular weight is 192 g/mol. The highest BCUT2D eigenvalue weighted by Crippen LogP contribution is 2.24. The van der Waals surface area contributed by atoms with E-state index >= 15 is 0 Å². The topological polar surface area (TPSA) is 66.6 Å². The van der Waals surface area contributed by atoms with Crippen molar-refractivity contribution in [1.29, 1.82) is 0 Å². The summed E-state index contributed by atoms with van der Waals surface area (Å²) in [5, 5.41) is 8.76. The van der Waals surface area contributed by atoms with Crippen LogP contribution in [0, 0.1) is 0 Å². The fourth-order valence-electron chi connectivity index (χ4n) is 1.70. The molecule has 1 amide bonds. The molecule has 2 rings (SSSR count). The first-order valence-electron chi connectivity index (χ1n) is 4.51. The van der Waals surface area contributed by atoms with Crippen molar-refractivity contribution in [3.05, 3.63) is 29.3 Å². The van der Waals surface area contributed by atoms with Crippen molar-refractivity contribution in [2.24, 2.45) is 0 Å². The number of aliphatic hydroxyl groups is 1. The summed E-state index contributed by atoms with van der Waals surface area (Å²) in [6.07, 6.45) is 0. The van der Waals surface area contributed by atoms with Gasteiger partial charge < -0.3 is 15.7 Å². The van der Waals surface area contributed by atoms with E-state index in [1.165, 1.54) is 0 Å². The molecule has 0 bridgehead atoms. The van der Waals surface area contributed by atoms with Gasteiger partial charge in [-0.05, 0) is 23.8 Å². The van der Waals surface area contributed by atoms with E-state index in [1.807, 2.05) is 6.07 Å². The largest absolute Gasteiger partial charge is 0.399 e. The first-order chi connectivity index (χ1) is 6.72. The molecule has 0 aromatic heterocycles. The fourth-order valence-corrected chi connectivity index (χ4v) is 1.70. The minimum Gasteiger partial charge on any atom is -0.399 e. The third-order valence-corrected chi connectivity index (χ3v) is 2.38. The van der Waals surface area contributed by atoms with E-state index in [4.69, 9.17) is 10.8 Å². The maximum absolute atomic E-state index is 11.7. The number of rotatable bonds is 2. The summed E-state index contributed by atoms with van der Waals surface area (Å²) in [4.78, 5) is 13.3. The van der Waals surface area contributed by atoms with Gasteiger partial charge in [-0.25, -0.2) is 0 Å². The van der Waals surface area contributed by atoms with Crippen LogP contribution in [0.3, 0.4) is 0 Å². The Kier molecular flexibility index (Phi) is 2.13. The first-order valence-corrected chi connectivity index (χ1v) is 4.51. The van der Waals surface area contributed by atoms with Gasteiger partial charge in [0.25, 0.3) is 5.91 Å². The highest BCUT2D eigenvalue weighted by Gasteiger charge is 2.26. The lowest BCUT2D eigenvalue weighted by Gasteiger charge is -2.12. The van der Waals surface area contributed by atoms with Gasteiger partial charge in [0, 0.05) is 24.3 Å². The number of β-amino-alcohol motifs (C(OH)–C–C–N with tert-alkyl or cyclic N) is 1. The standard InChI is InChI=1S/C10H12N2O2/c11-8-1-2-9-7(5-8)6-12(3-4-13)10(9)14/h1-2,5,13H,3-4,6,11H2. The monoisotopic (exact) mass is 192 g/mol. The van der Waals surface area contributed by atoms with Crippen LogP contribution in [0.2, 0.25) is 0 Å². The molecule has 0 saturated heterocycles. The van der Waals surface area contributed by atoms with E-state index in [0.717, 1.165) is 5.56 Å². The number of carbonyl (C=O) groups excluding carboxylic acids is 1. The molecule has 14 heavy (non-hydrogen) atoms. The van der Waals surface area contributed by atoms with Gasteiger partial charge in [0.15, 0.2) is 0 Å². The predicted molar refractivity (Wildman–Crippen MR) is 52.7 cm³/mol. The maximum Gasteiger partial charge on any atom is 0.254 e. The Morgan fingerprint density at radius 1 is 1.50 bits per heavy atom. The van der Waals surface area contributed by atoms with Crippen LogP contribution in [0.4, 0.5) is 5.69 Å². The minimum atomic E-state index is -0.0194. The number of amides is 1. The van der Waals surface area contributed by atoms with Crippen LogP contribution in [0.1, 0.15) is 15.9 Å². The van der Waals surface area contributed by atoms with Crippen molar-refractivity contribution in [3.63, 3.8) is 0 Å². The zero-order valence-electron chi connectivity index (χ0n) is 7.73. The van der Waals surface area contributed by atoms with Crippen LogP contribution in [-0.2, 0) is 6.54 Å². The van der Waals surface area contributed by atoms with Gasteiger partial charge in [0.05, 0.1) is 6.61 Å². The second-order valence-electron chi connectivity index (χ2n) is 3.37. The van der Waals surface area contributed by atoms with E-state index < -0.39 is 0 Å². The summed E-state index contributed by atoms with van der Waals surface area (Å²) in [7, 11) is 0. The highest BCUT2D eigenvalue weighted by molar-refractivity contribution is 5.98. The number of aliphatic hydroxyl groups excluding tert-OH is 1. The SMILES string of the molecule is Nc1ccc2c(c1)CN(CCO)C2=O. The molecule has 1 heterocycles. The molecule has 0 saturated carbocycles. The van der Waals surface area contributed by atoms with E-state index in [0.29, 0.717) is 24.3 Å². The summed E-state index contributed by atoms with van der Waals surface area (Å²) in [5.41, 5.74) is 7.93. The second kappa shape index (κ2) is 3.31. The Labute approximate surface area is 81.9 Å². The van der Waals surface area contributed by atoms with Crippen molar-refractivity contribution >= 4 is 11.6 Å². The Morgan fingerprint density at radius 3 is 3.00 bits per heavy atom. The summed E-state index contributed by atoms with van der Waals surface area (Å²) < 4.78 is 0. The molecule has 1 aromatic carbocycles. The number of hydrogen-bond acceptors (Lipinski definition) is 3. The van der Waals surface area contributed by atoms with E-state index in [1.54, 1.807) is 17.0 Å². The van der Waals surface area contributed by atoms with Crippen molar-refractivity contribution in [1.82, 2.24) is 4.90 Å². The Bertz CT molecular complexity index is 376. The third kappa shape index (κ3) is 1.33. The number of fused-ring (bicyclic) bond motifs is 1. The zero-order chi connectivity index (χ0) is 10.1. The molecule has 4 heteroatoms. The molecule has 1 aromatic rings. The van der Waals surface area contributed by atoms with Crippen LogP contribution in [0.15, 0.2) is 18.2 Å². The van der Waals surface area contributed by atoms with Gasteiger partial charge in [-0.15, -0.1) is 0 Å². The Balaban J connectivity index is 2.31. The van der Waals surface area contributed by atoms with Crippen molar-refractivity contribution in [2.75, 3.05) is 18.9 Å². The number of carbonyl (C=O) groups is 1. The normalized spacial score (nSPS) is 14.6. The minimum absolute atomic E-state index is 0.00475. The number of nitrogens with zero attached hydrogens (tertiary/aromatic N) is 1. The lowest BCUT2D eigenvalue weighted by Crippen LogP contribution is -2.26. The van der Waals surface area contributed by atoms with Gasteiger partial charge >= 0.3 is 0 Å². The Hall–Kier alpha value is -1.55. The molecule has 1 aliphatic rings. The van der Waals surface area contributed by atoms with Crippen molar-refractivity contribution in [2.45, 2.75) is 6.54 Å². The maximum atomic E-state index is 11.7. The molecule has 0 unspecified atom stereocenters. The van der Waals surface area contributed by atoms with Crippen LogP contribution in [-0.4, -0.2) is 29.1 Å². The van der Waals surface area contributed by atoms with Crippen LogP contribution >= 0.6 is 0 Å². The zero-order valence-corrected chi connectivity index (χ0v) is 7.73. The molecule has 0 atom stereocenters. The summed E-state index contributed by atoms with van der Waals surface area (Å²) in [6.45, 7) is 0.933. The highest BCUT2D eigenvalue weighted by atomic mass is 16.3. The van der Waals surface area contributed by atoms with Crippen molar-refractivity contribution < 1.29 is 9.90 Å². The van der Waals surface area contributed by atoms with Crippen LogP contribution < -0.4 is 5.73 Å². The van der Waals surface area contributed by atoms with Crippen LogP contribution in [0.5, 0.6) is 0 Å². The summed E-state index contributed by atoms with van der Waals surface area (Å²) in [6, 6.07) is 5.27. The van der Waals surface area contributed by atoms with E-state index in [9.17, 15) is 4.79 Å². The van der Waals surface area contributed by atoms with Gasteiger partial charge in [0.2, 0.25) is 0 Å². The van der Waals surface area contributed by atoms with E-state index in [2.05, 4.69) is 0 Å². The smallest absolute Gasteiger partial charge is 0.254 e. The predicted octanol–water partition coefficient (Wildman–Crippen LogP) is 0.217. The average Bonchev–Trinajstić information content (AvgIpc) is 2.44. The molecule has 74 valence electrons. The second-order valence-corrected chi connectivity index (χ2v) is 3.37. The number of hydrogen-bond donors (Lipinski definition) is 2. The molecular weight excluding hydrogens is 180 g/mol. The Morgan fingerprint density at radius 2 is 2.29 bits per heavy atom. The number of nitrogen functional groups attached to an aromatic ring is 1. The third-order valence-electron chi connectivity index (χ3n) is 2.38. The molecule has 0 fully saturated rings. The summed E-state index contributed by atoms with van der Waals surface area (Å²) in [5.74, 6) is -0.0194.